The minimum absolute atomic E-state index is 0.0530. The summed E-state index contributed by atoms with van der Waals surface area (Å²) in [5, 5.41) is 17.1. The summed E-state index contributed by atoms with van der Waals surface area (Å²) in [6.45, 7) is 2.52. The lowest BCUT2D eigenvalue weighted by atomic mass is 10.2. The van der Waals surface area contributed by atoms with E-state index in [0.717, 1.165) is 11.4 Å². The predicted molar refractivity (Wildman–Crippen MR) is 97.1 cm³/mol. The van der Waals surface area contributed by atoms with Crippen LogP contribution in [0.15, 0.2) is 42.5 Å². The minimum atomic E-state index is -0.483. The number of rotatable bonds is 6. The van der Waals surface area contributed by atoms with E-state index in [1.54, 1.807) is 6.07 Å². The average molecular weight is 347 g/mol. The number of benzene rings is 2. The van der Waals surface area contributed by atoms with Crippen LogP contribution >= 0.6 is 12.2 Å². The van der Waals surface area contributed by atoms with Crippen molar-refractivity contribution in [1.29, 1.82) is 0 Å². The molecule has 2 N–H and O–H groups in total. The number of anilines is 2. The van der Waals surface area contributed by atoms with Crippen LogP contribution in [0, 0.1) is 10.1 Å². The quantitative estimate of drug-likeness (QED) is 0.467. The molecule has 0 amide bonds. The van der Waals surface area contributed by atoms with Crippen molar-refractivity contribution in [2.45, 2.75) is 6.92 Å². The van der Waals surface area contributed by atoms with E-state index in [4.69, 9.17) is 21.7 Å². The maximum atomic E-state index is 10.8. The summed E-state index contributed by atoms with van der Waals surface area (Å²) in [6, 6.07) is 11.6. The molecule has 0 saturated carbocycles. The van der Waals surface area contributed by atoms with Crippen molar-refractivity contribution in [2.75, 3.05) is 24.4 Å². The van der Waals surface area contributed by atoms with E-state index in [-0.39, 0.29) is 5.69 Å². The Balaban J connectivity index is 2.05. The van der Waals surface area contributed by atoms with E-state index >= 15 is 0 Å². The highest BCUT2D eigenvalue weighted by molar-refractivity contribution is 7.80. The molecule has 0 fully saturated rings. The molecule has 2 aromatic carbocycles. The largest absolute Gasteiger partial charge is 0.494 e. The topological polar surface area (TPSA) is 85.7 Å². The van der Waals surface area contributed by atoms with Crippen LogP contribution in [-0.2, 0) is 0 Å². The lowest BCUT2D eigenvalue weighted by molar-refractivity contribution is -0.384. The predicted octanol–water partition coefficient (Wildman–Crippen LogP) is 3.81. The van der Waals surface area contributed by atoms with Crippen molar-refractivity contribution in [3.63, 3.8) is 0 Å². The SMILES string of the molecule is CCOc1ccc(NC(=S)Nc2ccc([N+](=O)[O-])cc2OC)cc1. The molecule has 0 bridgehead atoms. The van der Waals surface area contributed by atoms with Gasteiger partial charge in [0.1, 0.15) is 11.5 Å². The summed E-state index contributed by atoms with van der Waals surface area (Å²) in [5.41, 5.74) is 1.27. The first kappa shape index (κ1) is 17.5. The van der Waals surface area contributed by atoms with Crippen LogP contribution in [-0.4, -0.2) is 23.8 Å². The van der Waals surface area contributed by atoms with Crippen LogP contribution in [0.5, 0.6) is 11.5 Å². The third kappa shape index (κ3) is 4.56. The summed E-state index contributed by atoms with van der Waals surface area (Å²) in [7, 11) is 1.44. The fourth-order valence-corrected chi connectivity index (χ4v) is 2.21. The number of methoxy groups -OCH3 is 1. The molecule has 0 aliphatic carbocycles. The first-order chi connectivity index (χ1) is 11.5. The minimum Gasteiger partial charge on any atom is -0.494 e. The fourth-order valence-electron chi connectivity index (χ4n) is 1.98. The van der Waals surface area contributed by atoms with E-state index in [1.807, 2.05) is 31.2 Å². The average Bonchev–Trinajstić information content (AvgIpc) is 2.57. The van der Waals surface area contributed by atoms with E-state index in [1.165, 1.54) is 19.2 Å². The molecule has 0 aromatic heterocycles. The molecule has 0 spiro atoms. The monoisotopic (exact) mass is 347 g/mol. The molecular weight excluding hydrogens is 330 g/mol. The number of hydrogen-bond acceptors (Lipinski definition) is 5. The highest BCUT2D eigenvalue weighted by Crippen LogP contribution is 2.29. The molecule has 0 heterocycles. The number of ether oxygens (including phenoxy) is 2. The Bertz CT molecular complexity index is 735. The number of hydrogen-bond donors (Lipinski definition) is 2. The molecule has 2 aromatic rings. The second kappa shape index (κ2) is 8.11. The van der Waals surface area contributed by atoms with Gasteiger partial charge in [0.2, 0.25) is 0 Å². The number of thiocarbonyl (C=S) groups is 1. The van der Waals surface area contributed by atoms with Gasteiger partial charge in [0, 0.05) is 11.8 Å². The van der Waals surface area contributed by atoms with Gasteiger partial charge in [-0.25, -0.2) is 0 Å². The Labute approximate surface area is 144 Å². The number of nitrogens with one attached hydrogen (secondary N) is 2. The van der Waals surface area contributed by atoms with Crippen LogP contribution in [0.25, 0.3) is 0 Å². The maximum absolute atomic E-state index is 10.8. The van der Waals surface area contributed by atoms with Gasteiger partial charge in [-0.15, -0.1) is 0 Å². The summed E-state index contributed by atoms with van der Waals surface area (Å²) < 4.78 is 10.5. The van der Waals surface area contributed by atoms with Crippen molar-refractivity contribution in [1.82, 2.24) is 0 Å². The van der Waals surface area contributed by atoms with Crippen molar-refractivity contribution < 1.29 is 14.4 Å². The molecule has 8 heteroatoms. The van der Waals surface area contributed by atoms with Gasteiger partial charge >= 0.3 is 0 Å². The van der Waals surface area contributed by atoms with E-state index in [9.17, 15) is 10.1 Å². The third-order valence-electron chi connectivity index (χ3n) is 3.07. The summed E-state index contributed by atoms with van der Waals surface area (Å²) in [4.78, 5) is 10.3. The van der Waals surface area contributed by atoms with Crippen LogP contribution in [0.2, 0.25) is 0 Å². The van der Waals surface area contributed by atoms with Crippen molar-refractivity contribution in [3.05, 3.63) is 52.6 Å². The molecule has 0 aliphatic heterocycles. The molecule has 126 valence electrons. The fraction of sp³-hybridized carbons (Fsp3) is 0.188. The lowest BCUT2D eigenvalue weighted by Crippen LogP contribution is -2.19. The van der Waals surface area contributed by atoms with Gasteiger partial charge < -0.3 is 20.1 Å². The van der Waals surface area contributed by atoms with Gasteiger partial charge in [-0.1, -0.05) is 0 Å². The molecule has 24 heavy (non-hydrogen) atoms. The molecule has 7 nitrogen and oxygen atoms in total. The van der Waals surface area contributed by atoms with Crippen LogP contribution in [0.3, 0.4) is 0 Å². The third-order valence-corrected chi connectivity index (χ3v) is 3.27. The van der Waals surface area contributed by atoms with E-state index in [2.05, 4.69) is 10.6 Å². The Morgan fingerprint density at radius 1 is 1.21 bits per heavy atom. The van der Waals surface area contributed by atoms with Gasteiger partial charge in [0.15, 0.2) is 5.11 Å². The highest BCUT2D eigenvalue weighted by atomic mass is 32.1. The maximum Gasteiger partial charge on any atom is 0.273 e. The van der Waals surface area contributed by atoms with Crippen LogP contribution < -0.4 is 20.1 Å². The summed E-state index contributed by atoms with van der Waals surface area (Å²) >= 11 is 5.25. The first-order valence-corrected chi connectivity index (χ1v) is 7.57. The molecular formula is C16H17N3O4S. The Kier molecular flexibility index (Phi) is 5.91. The smallest absolute Gasteiger partial charge is 0.273 e. The van der Waals surface area contributed by atoms with Crippen molar-refractivity contribution >= 4 is 34.4 Å². The molecule has 0 aliphatic rings. The van der Waals surface area contributed by atoms with Gasteiger partial charge in [0.25, 0.3) is 5.69 Å². The molecule has 0 radical (unpaired) electrons. The highest BCUT2D eigenvalue weighted by Gasteiger charge is 2.12. The lowest BCUT2D eigenvalue weighted by Gasteiger charge is -2.13. The van der Waals surface area contributed by atoms with Crippen LogP contribution in [0.4, 0.5) is 17.1 Å². The molecule has 0 unspecified atom stereocenters. The van der Waals surface area contributed by atoms with E-state index < -0.39 is 4.92 Å². The summed E-state index contributed by atoms with van der Waals surface area (Å²) in [6.07, 6.45) is 0. The molecule has 0 saturated heterocycles. The van der Waals surface area contributed by atoms with Gasteiger partial charge in [0.05, 0.1) is 30.4 Å². The Morgan fingerprint density at radius 2 is 1.92 bits per heavy atom. The number of nitro benzene ring substituents is 1. The zero-order valence-corrected chi connectivity index (χ0v) is 14.1. The van der Waals surface area contributed by atoms with Gasteiger partial charge in [-0.2, -0.15) is 0 Å². The Hall–Kier alpha value is -2.87. The van der Waals surface area contributed by atoms with Gasteiger partial charge in [-0.05, 0) is 49.5 Å². The van der Waals surface area contributed by atoms with Crippen molar-refractivity contribution in [3.8, 4) is 11.5 Å². The van der Waals surface area contributed by atoms with Crippen LogP contribution in [0.1, 0.15) is 6.92 Å². The number of nitrogens with zero attached hydrogens (tertiary/aromatic N) is 1. The second-order valence-electron chi connectivity index (χ2n) is 4.68. The normalized spacial score (nSPS) is 9.92. The van der Waals surface area contributed by atoms with Gasteiger partial charge in [-0.3, -0.25) is 10.1 Å². The molecule has 2 rings (SSSR count). The van der Waals surface area contributed by atoms with E-state index in [0.29, 0.717) is 23.2 Å². The second-order valence-corrected chi connectivity index (χ2v) is 5.09. The number of nitro groups is 1. The zero-order chi connectivity index (χ0) is 17.5. The number of non-ortho nitro benzene ring substituents is 1. The van der Waals surface area contributed by atoms with Crippen molar-refractivity contribution in [2.24, 2.45) is 0 Å². The summed E-state index contributed by atoms with van der Waals surface area (Å²) in [5.74, 6) is 1.11. The molecule has 0 atom stereocenters. The first-order valence-electron chi connectivity index (χ1n) is 7.16. The zero-order valence-electron chi connectivity index (χ0n) is 13.2. The Morgan fingerprint density at radius 3 is 2.50 bits per heavy atom. The standard InChI is InChI=1S/C16H17N3O4S/c1-3-23-13-7-4-11(5-8-13)17-16(24)18-14-9-6-12(19(20)21)10-15(14)22-2/h4-10H,3H2,1-2H3,(H2,17,18,24).